The lowest BCUT2D eigenvalue weighted by Gasteiger charge is -2.29. The van der Waals surface area contributed by atoms with Gasteiger partial charge in [-0.05, 0) is 43.6 Å². The smallest absolute Gasteiger partial charge is 0.291 e. The van der Waals surface area contributed by atoms with Crippen molar-refractivity contribution in [3.05, 3.63) is 28.5 Å². The number of unbranched alkanes of at least 4 members (excludes halogenated alkanes) is 1. The van der Waals surface area contributed by atoms with Crippen molar-refractivity contribution in [2.45, 2.75) is 52.4 Å². The predicted octanol–water partition coefficient (Wildman–Crippen LogP) is 1.09. The molecule has 2 aliphatic carbocycles. The highest BCUT2D eigenvalue weighted by atomic mass is 15.1. The van der Waals surface area contributed by atoms with E-state index in [2.05, 4.69) is 24.2 Å². The van der Waals surface area contributed by atoms with Crippen molar-refractivity contribution in [1.29, 1.82) is 0 Å². The molecule has 0 aromatic carbocycles. The minimum atomic E-state index is 0.669. The molecule has 0 unspecified atom stereocenters. The second kappa shape index (κ2) is 4.45. The Balaban J connectivity index is 2.02. The van der Waals surface area contributed by atoms with Crippen LogP contribution in [0.15, 0.2) is 22.4 Å². The van der Waals surface area contributed by atoms with Crippen LogP contribution in [0.1, 0.15) is 52.4 Å². The Morgan fingerprint density at radius 2 is 2.22 bits per heavy atom. The van der Waals surface area contributed by atoms with Crippen LogP contribution < -0.4 is 16.0 Å². The fourth-order valence-electron chi connectivity index (χ4n) is 3.51. The van der Waals surface area contributed by atoms with Crippen molar-refractivity contribution in [2.75, 3.05) is 0 Å². The van der Waals surface area contributed by atoms with Crippen LogP contribution in [0.25, 0.3) is 0 Å². The Morgan fingerprint density at radius 1 is 1.39 bits per heavy atom. The van der Waals surface area contributed by atoms with E-state index in [1.165, 1.54) is 49.4 Å². The van der Waals surface area contributed by atoms with Crippen molar-refractivity contribution in [3.8, 4) is 0 Å². The second-order valence-corrected chi connectivity index (χ2v) is 5.73. The third-order valence-electron chi connectivity index (χ3n) is 4.40. The van der Waals surface area contributed by atoms with Crippen LogP contribution in [0.3, 0.4) is 0 Å². The van der Waals surface area contributed by atoms with Gasteiger partial charge >= 0.3 is 5.96 Å². The maximum absolute atomic E-state index is 5.98. The molecule has 1 heterocycles. The molecule has 4 N–H and O–H groups in total. The van der Waals surface area contributed by atoms with E-state index in [4.69, 9.17) is 5.73 Å². The number of nitrogens with one attached hydrogen (secondary N) is 2. The van der Waals surface area contributed by atoms with Gasteiger partial charge in [-0.15, -0.1) is 0 Å². The zero-order chi connectivity index (χ0) is 12.7. The molecule has 1 radical (unpaired) electrons. The van der Waals surface area contributed by atoms with Crippen LogP contribution in [0.5, 0.6) is 0 Å². The van der Waals surface area contributed by atoms with Gasteiger partial charge in [0.2, 0.25) is 0 Å². The van der Waals surface area contributed by atoms with Gasteiger partial charge in [-0.1, -0.05) is 25.8 Å². The first kappa shape index (κ1) is 11.8. The summed E-state index contributed by atoms with van der Waals surface area (Å²) in [5.41, 5.74) is 12.0. The van der Waals surface area contributed by atoms with Crippen LogP contribution in [-0.2, 0) is 0 Å². The molecule has 1 atom stereocenters. The highest BCUT2D eigenvalue weighted by Crippen LogP contribution is 2.45. The third-order valence-corrected chi connectivity index (χ3v) is 4.40. The van der Waals surface area contributed by atoms with E-state index in [9.17, 15) is 0 Å². The number of hydrogen-bond acceptors (Lipinski definition) is 2. The maximum atomic E-state index is 5.98. The van der Waals surface area contributed by atoms with Crippen molar-refractivity contribution in [2.24, 2.45) is 11.7 Å². The molecule has 0 aromatic rings. The van der Waals surface area contributed by atoms with Gasteiger partial charge in [-0.2, -0.15) is 0 Å². The highest BCUT2D eigenvalue weighted by Gasteiger charge is 2.40. The summed E-state index contributed by atoms with van der Waals surface area (Å²) in [6.07, 6.45) is 7.31. The molecule has 97 valence electrons. The van der Waals surface area contributed by atoms with Gasteiger partial charge < -0.3 is 0 Å². The summed E-state index contributed by atoms with van der Waals surface area (Å²) in [5, 5.41) is 3.39. The minimum Gasteiger partial charge on any atom is -0.291 e. The van der Waals surface area contributed by atoms with E-state index >= 15 is 0 Å². The summed E-state index contributed by atoms with van der Waals surface area (Å²) < 4.78 is 0. The zero-order valence-electron chi connectivity index (χ0n) is 11.4. The SMILES string of the molecule is CCCCC1=C2NC(N)=[NH+][C]3CCC(=C32)C[C@@H]1C. The van der Waals surface area contributed by atoms with Crippen LogP contribution in [0.4, 0.5) is 0 Å². The first-order valence-corrected chi connectivity index (χ1v) is 7.18. The Hall–Kier alpha value is -1.25. The van der Waals surface area contributed by atoms with Gasteiger partial charge in [0.1, 0.15) is 5.70 Å². The Bertz CT molecular complexity index is 456. The first-order chi connectivity index (χ1) is 8.70. The summed E-state index contributed by atoms with van der Waals surface area (Å²) in [5.74, 6) is 1.37. The molecule has 3 nitrogen and oxygen atoms in total. The Labute approximate surface area is 109 Å². The molecule has 3 rings (SSSR count). The van der Waals surface area contributed by atoms with Gasteiger partial charge in [0.15, 0.2) is 6.04 Å². The average Bonchev–Trinajstić information content (AvgIpc) is 2.72. The fraction of sp³-hybridized carbons (Fsp3) is 0.600. The maximum Gasteiger partial charge on any atom is 0.346 e. The van der Waals surface area contributed by atoms with Crippen LogP contribution in [-0.4, -0.2) is 5.96 Å². The lowest BCUT2D eigenvalue weighted by molar-refractivity contribution is -0.441. The van der Waals surface area contributed by atoms with E-state index in [0.717, 1.165) is 6.42 Å². The highest BCUT2D eigenvalue weighted by molar-refractivity contribution is 5.78. The molecule has 18 heavy (non-hydrogen) atoms. The van der Waals surface area contributed by atoms with Crippen LogP contribution >= 0.6 is 0 Å². The van der Waals surface area contributed by atoms with Crippen LogP contribution in [0.2, 0.25) is 0 Å². The normalized spacial score (nSPS) is 27.2. The van der Waals surface area contributed by atoms with E-state index < -0.39 is 0 Å². The monoisotopic (exact) mass is 245 g/mol. The molecule has 0 saturated heterocycles. The average molecular weight is 245 g/mol. The zero-order valence-corrected chi connectivity index (χ0v) is 11.4. The number of nitrogens with two attached hydrogens (primary N) is 1. The van der Waals surface area contributed by atoms with Crippen molar-refractivity contribution in [3.63, 3.8) is 0 Å². The number of rotatable bonds is 3. The van der Waals surface area contributed by atoms with Gasteiger partial charge in [-0.25, -0.2) is 5.32 Å². The predicted molar refractivity (Wildman–Crippen MR) is 73.1 cm³/mol. The quantitative estimate of drug-likeness (QED) is 0.697. The standard InChI is InChI=1S/C15H23N3/c1-3-4-5-11-9(2)8-10-6-7-12-13(10)14(11)18-15(16)17-12/h9,17-18H,3-8,16H2,1-2H3/q+1/t9-/m0/s1. The largest absolute Gasteiger partial charge is 0.346 e. The number of allylic oxidation sites excluding steroid dienone is 2. The van der Waals surface area contributed by atoms with Gasteiger partial charge in [0.25, 0.3) is 0 Å². The Morgan fingerprint density at radius 3 is 3.00 bits per heavy atom. The third kappa shape index (κ3) is 1.76. The second-order valence-electron chi connectivity index (χ2n) is 5.73. The van der Waals surface area contributed by atoms with Crippen LogP contribution in [0, 0.1) is 12.0 Å². The van der Waals surface area contributed by atoms with E-state index in [-0.39, 0.29) is 0 Å². The van der Waals surface area contributed by atoms with E-state index in [0.29, 0.717) is 11.9 Å². The van der Waals surface area contributed by atoms with E-state index in [1.807, 2.05) is 0 Å². The van der Waals surface area contributed by atoms with Crippen molar-refractivity contribution >= 4 is 5.96 Å². The Kier molecular flexibility index (Phi) is 2.92. The molecule has 0 saturated carbocycles. The molecular formula is C15H23N3+. The molecule has 0 spiro atoms. The van der Waals surface area contributed by atoms with Gasteiger partial charge in [0, 0.05) is 5.57 Å². The summed E-state index contributed by atoms with van der Waals surface area (Å²) in [4.78, 5) is 3.31. The summed E-state index contributed by atoms with van der Waals surface area (Å²) in [7, 11) is 0. The summed E-state index contributed by atoms with van der Waals surface area (Å²) in [6, 6.07) is 1.34. The molecular weight excluding hydrogens is 222 g/mol. The molecule has 0 bridgehead atoms. The molecule has 1 aliphatic heterocycles. The summed E-state index contributed by atoms with van der Waals surface area (Å²) >= 11 is 0. The lowest BCUT2D eigenvalue weighted by atomic mass is 9.80. The fourth-order valence-corrected chi connectivity index (χ4v) is 3.51. The topological polar surface area (TPSA) is 52.0 Å². The number of hydrogen-bond donors (Lipinski definition) is 3. The molecule has 3 heteroatoms. The lowest BCUT2D eigenvalue weighted by Crippen LogP contribution is -2.82. The molecule has 3 aliphatic rings. The van der Waals surface area contributed by atoms with Gasteiger partial charge in [-0.3, -0.25) is 10.7 Å². The van der Waals surface area contributed by atoms with Gasteiger partial charge in [0.05, 0.1) is 0 Å². The van der Waals surface area contributed by atoms with E-state index in [1.54, 1.807) is 11.1 Å². The molecule has 0 aromatic heterocycles. The number of guanidine groups is 1. The van der Waals surface area contributed by atoms with Crippen molar-refractivity contribution < 1.29 is 4.99 Å². The molecule has 0 amide bonds. The minimum absolute atomic E-state index is 0.669. The van der Waals surface area contributed by atoms with Crippen molar-refractivity contribution in [1.82, 2.24) is 5.32 Å². The molecule has 0 fully saturated rings. The summed E-state index contributed by atoms with van der Waals surface area (Å²) in [6.45, 7) is 4.62. The first-order valence-electron chi connectivity index (χ1n) is 7.18.